The first kappa shape index (κ1) is 21.7. The van der Waals surface area contributed by atoms with Crippen LogP contribution in [0.4, 0.5) is 0 Å². The van der Waals surface area contributed by atoms with E-state index in [1.807, 2.05) is 31.2 Å². The number of ether oxygens (including phenoxy) is 3. The first-order chi connectivity index (χ1) is 14.7. The molecule has 0 saturated heterocycles. The Kier molecular flexibility index (Phi) is 8.18. The first-order valence-corrected chi connectivity index (χ1v) is 10.6. The molecule has 1 saturated carbocycles. The van der Waals surface area contributed by atoms with Gasteiger partial charge in [0.05, 0.1) is 19.8 Å². The monoisotopic (exact) mass is 412 g/mol. The lowest BCUT2D eigenvalue weighted by Crippen LogP contribution is -2.36. The van der Waals surface area contributed by atoms with Crippen LogP contribution in [-0.4, -0.2) is 37.8 Å². The van der Waals surface area contributed by atoms with Gasteiger partial charge in [-0.05, 0) is 44.7 Å². The maximum atomic E-state index is 6.32. The molecule has 0 bridgehead atoms. The quantitative estimate of drug-likeness (QED) is 0.483. The first-order valence-electron chi connectivity index (χ1n) is 10.6. The van der Waals surface area contributed by atoms with Crippen molar-refractivity contribution in [3.05, 3.63) is 47.7 Å². The van der Waals surface area contributed by atoms with Gasteiger partial charge in [0, 0.05) is 37.5 Å². The van der Waals surface area contributed by atoms with E-state index in [0.29, 0.717) is 31.5 Å². The van der Waals surface area contributed by atoms with Gasteiger partial charge in [0.15, 0.2) is 17.5 Å². The van der Waals surface area contributed by atoms with Crippen LogP contribution in [-0.2, 0) is 13.1 Å². The highest BCUT2D eigenvalue weighted by Gasteiger charge is 2.20. The average molecular weight is 413 g/mol. The molecule has 162 valence electrons. The highest BCUT2D eigenvalue weighted by molar-refractivity contribution is 5.79. The van der Waals surface area contributed by atoms with E-state index in [9.17, 15) is 0 Å². The largest absolute Gasteiger partial charge is 0.493 e. The van der Waals surface area contributed by atoms with E-state index in [4.69, 9.17) is 14.2 Å². The molecule has 7 heteroatoms. The van der Waals surface area contributed by atoms with E-state index < -0.39 is 0 Å². The van der Waals surface area contributed by atoms with E-state index in [1.54, 1.807) is 20.4 Å². The predicted octanol–water partition coefficient (Wildman–Crippen LogP) is 3.68. The van der Waals surface area contributed by atoms with Crippen molar-refractivity contribution in [2.24, 2.45) is 4.99 Å². The van der Waals surface area contributed by atoms with Crippen molar-refractivity contribution in [3.8, 4) is 17.4 Å². The smallest absolute Gasteiger partial charge is 0.218 e. The summed E-state index contributed by atoms with van der Waals surface area (Å²) in [5.41, 5.74) is 2.02. The normalized spacial score (nSPS) is 14.4. The minimum Gasteiger partial charge on any atom is -0.493 e. The topological polar surface area (TPSA) is 77.0 Å². The fraction of sp³-hybridized carbons (Fsp3) is 0.478. The lowest BCUT2D eigenvalue weighted by atomic mass is 10.1. The van der Waals surface area contributed by atoms with Crippen molar-refractivity contribution >= 4 is 5.96 Å². The zero-order valence-corrected chi connectivity index (χ0v) is 18.1. The summed E-state index contributed by atoms with van der Waals surface area (Å²) >= 11 is 0. The van der Waals surface area contributed by atoms with Crippen molar-refractivity contribution in [1.82, 2.24) is 15.6 Å². The average Bonchev–Trinajstić information content (AvgIpc) is 3.29. The van der Waals surface area contributed by atoms with Gasteiger partial charge in [0.2, 0.25) is 5.88 Å². The number of aliphatic imine (C=N–C) groups is 1. The van der Waals surface area contributed by atoms with E-state index in [1.165, 1.54) is 12.8 Å². The van der Waals surface area contributed by atoms with Crippen molar-refractivity contribution in [2.45, 2.75) is 51.8 Å². The third kappa shape index (κ3) is 5.78. The van der Waals surface area contributed by atoms with Gasteiger partial charge in [-0.25, -0.2) is 4.98 Å². The van der Waals surface area contributed by atoms with E-state index in [2.05, 4.69) is 26.7 Å². The summed E-state index contributed by atoms with van der Waals surface area (Å²) < 4.78 is 17.5. The predicted molar refractivity (Wildman–Crippen MR) is 118 cm³/mol. The third-order valence-corrected chi connectivity index (χ3v) is 5.11. The van der Waals surface area contributed by atoms with Crippen LogP contribution in [0.15, 0.2) is 41.5 Å². The van der Waals surface area contributed by atoms with Crippen LogP contribution < -0.4 is 24.8 Å². The Morgan fingerprint density at radius 1 is 1.10 bits per heavy atom. The van der Waals surface area contributed by atoms with Gasteiger partial charge >= 0.3 is 0 Å². The van der Waals surface area contributed by atoms with E-state index in [-0.39, 0.29) is 6.10 Å². The van der Waals surface area contributed by atoms with Crippen molar-refractivity contribution < 1.29 is 14.2 Å². The highest BCUT2D eigenvalue weighted by atomic mass is 16.5. The zero-order valence-electron chi connectivity index (χ0n) is 18.1. The van der Waals surface area contributed by atoms with Crippen molar-refractivity contribution in [3.63, 3.8) is 0 Å². The molecular formula is C23H32N4O3. The summed E-state index contributed by atoms with van der Waals surface area (Å²) in [6, 6.07) is 9.88. The van der Waals surface area contributed by atoms with Gasteiger partial charge < -0.3 is 24.8 Å². The summed E-state index contributed by atoms with van der Waals surface area (Å²) in [5, 5.41) is 6.69. The molecule has 1 fully saturated rings. The molecule has 2 aromatic rings. The fourth-order valence-corrected chi connectivity index (χ4v) is 3.57. The van der Waals surface area contributed by atoms with Crippen LogP contribution in [0.2, 0.25) is 0 Å². The Labute approximate surface area is 178 Å². The minimum atomic E-state index is 0.264. The van der Waals surface area contributed by atoms with E-state index in [0.717, 1.165) is 35.5 Å². The van der Waals surface area contributed by atoms with Crippen molar-refractivity contribution in [2.75, 3.05) is 20.8 Å². The molecule has 1 aliphatic rings. The molecule has 30 heavy (non-hydrogen) atoms. The molecule has 7 nitrogen and oxygen atoms in total. The fourth-order valence-electron chi connectivity index (χ4n) is 3.57. The number of benzene rings is 1. The maximum absolute atomic E-state index is 6.32. The van der Waals surface area contributed by atoms with Crippen LogP contribution in [0, 0.1) is 0 Å². The summed E-state index contributed by atoms with van der Waals surface area (Å²) in [5.74, 6) is 2.92. The second-order valence-corrected chi connectivity index (χ2v) is 7.15. The van der Waals surface area contributed by atoms with Crippen LogP contribution in [0.1, 0.15) is 43.7 Å². The van der Waals surface area contributed by atoms with Gasteiger partial charge in [-0.15, -0.1) is 0 Å². The molecule has 0 aliphatic heterocycles. The second-order valence-electron chi connectivity index (χ2n) is 7.15. The molecule has 0 spiro atoms. The number of guanidine groups is 1. The van der Waals surface area contributed by atoms with Crippen LogP contribution in [0.3, 0.4) is 0 Å². The Bertz CT molecular complexity index is 835. The molecule has 1 aromatic heterocycles. The zero-order chi connectivity index (χ0) is 21.2. The van der Waals surface area contributed by atoms with Gasteiger partial charge in [-0.3, -0.25) is 4.99 Å². The van der Waals surface area contributed by atoms with Gasteiger partial charge in [0.1, 0.15) is 0 Å². The Hall–Kier alpha value is -2.96. The Morgan fingerprint density at radius 2 is 1.83 bits per heavy atom. The number of rotatable bonds is 9. The third-order valence-electron chi connectivity index (χ3n) is 5.11. The summed E-state index contributed by atoms with van der Waals surface area (Å²) in [7, 11) is 3.43. The van der Waals surface area contributed by atoms with Crippen LogP contribution >= 0.6 is 0 Å². The lowest BCUT2D eigenvalue weighted by molar-refractivity contribution is 0.198. The molecule has 0 radical (unpaired) electrons. The van der Waals surface area contributed by atoms with Crippen molar-refractivity contribution in [1.29, 1.82) is 0 Å². The molecule has 0 amide bonds. The van der Waals surface area contributed by atoms with Gasteiger partial charge in [-0.1, -0.05) is 18.2 Å². The SMILES string of the molecule is CCOc1ncccc1CNC(=NC)NCc1cccc(OC)c1OC1CCCC1. The molecule has 3 rings (SSSR count). The van der Waals surface area contributed by atoms with Gasteiger partial charge in [0.25, 0.3) is 0 Å². The minimum absolute atomic E-state index is 0.264. The molecule has 2 N–H and O–H groups in total. The maximum Gasteiger partial charge on any atom is 0.218 e. The summed E-state index contributed by atoms with van der Waals surface area (Å²) in [6.45, 7) is 3.67. The number of aromatic nitrogens is 1. The Morgan fingerprint density at radius 3 is 2.53 bits per heavy atom. The number of nitrogens with one attached hydrogen (secondary N) is 2. The number of hydrogen-bond acceptors (Lipinski definition) is 5. The molecule has 0 atom stereocenters. The van der Waals surface area contributed by atoms with E-state index >= 15 is 0 Å². The molecular weight excluding hydrogens is 380 g/mol. The van der Waals surface area contributed by atoms with Crippen LogP contribution in [0.5, 0.6) is 17.4 Å². The Balaban J connectivity index is 1.63. The molecule has 1 heterocycles. The van der Waals surface area contributed by atoms with Gasteiger partial charge in [-0.2, -0.15) is 0 Å². The molecule has 1 aromatic carbocycles. The highest BCUT2D eigenvalue weighted by Crippen LogP contribution is 2.34. The van der Waals surface area contributed by atoms with Crippen LogP contribution in [0.25, 0.3) is 0 Å². The summed E-state index contributed by atoms with van der Waals surface area (Å²) in [4.78, 5) is 8.62. The summed E-state index contributed by atoms with van der Waals surface area (Å²) in [6.07, 6.45) is 6.64. The standard InChI is InChI=1S/C23H32N4O3/c1-4-29-22-18(10-8-14-25-22)16-27-23(24-2)26-15-17-9-7-13-20(28-3)21(17)30-19-11-5-6-12-19/h7-10,13-14,19H,4-6,11-12,15-16H2,1-3H3,(H2,24,26,27). The number of nitrogens with zero attached hydrogens (tertiary/aromatic N) is 2. The lowest BCUT2D eigenvalue weighted by Gasteiger charge is -2.20. The number of pyridine rings is 1. The molecule has 0 unspecified atom stereocenters. The number of methoxy groups -OCH3 is 1. The number of para-hydroxylation sites is 1. The number of hydrogen-bond donors (Lipinski definition) is 2. The second kappa shape index (κ2) is 11.3. The molecule has 1 aliphatic carbocycles.